The second-order valence-corrected chi connectivity index (χ2v) is 2.01. The lowest BCUT2D eigenvalue weighted by Crippen LogP contribution is -2.10. The lowest BCUT2D eigenvalue weighted by Gasteiger charge is -2.01. The summed E-state index contributed by atoms with van der Waals surface area (Å²) in [5, 5.41) is 0. The Kier molecular flexibility index (Phi) is 5.69. The fourth-order valence-corrected chi connectivity index (χ4v) is 0.512. The summed E-state index contributed by atoms with van der Waals surface area (Å²) >= 11 is 0. The van der Waals surface area contributed by atoms with Gasteiger partial charge in [0.25, 0.3) is 0 Å². The number of ether oxygens (including phenoxy) is 2. The van der Waals surface area contributed by atoms with Gasteiger partial charge < -0.3 is 9.47 Å². The minimum atomic E-state index is -0.426. The molecule has 0 fully saturated rings. The highest BCUT2D eigenvalue weighted by Gasteiger charge is 1.96. The zero-order valence-electron chi connectivity index (χ0n) is 7.20. The Morgan fingerprint density at radius 2 is 1.83 bits per heavy atom. The van der Waals surface area contributed by atoms with Crippen LogP contribution in [-0.4, -0.2) is 25.2 Å². The molecule has 0 atom stereocenters. The van der Waals surface area contributed by atoms with Crippen molar-refractivity contribution in [3.63, 3.8) is 0 Å². The molecular formula is C8H12O4. The first-order valence-corrected chi connectivity index (χ1v) is 3.59. The van der Waals surface area contributed by atoms with E-state index >= 15 is 0 Å². The molecule has 0 radical (unpaired) electrons. The predicted octanol–water partition coefficient (Wildman–Crippen LogP) is 0.669. The number of rotatable bonds is 4. The van der Waals surface area contributed by atoms with Crippen LogP contribution < -0.4 is 0 Å². The molecule has 4 nitrogen and oxygen atoms in total. The van der Waals surface area contributed by atoms with E-state index in [-0.39, 0.29) is 19.2 Å². The normalized spacial score (nSPS) is 9.83. The Balaban J connectivity index is 3.31. The average Bonchev–Trinajstić information content (AvgIpc) is 1.98. The van der Waals surface area contributed by atoms with Gasteiger partial charge in [-0.1, -0.05) is 6.08 Å². The van der Waals surface area contributed by atoms with Gasteiger partial charge in [-0.05, 0) is 6.92 Å². The molecule has 68 valence electrons. The van der Waals surface area contributed by atoms with E-state index in [0.29, 0.717) is 0 Å². The van der Waals surface area contributed by atoms with Gasteiger partial charge in [-0.25, -0.2) is 4.79 Å². The Bertz CT molecular complexity index is 183. The van der Waals surface area contributed by atoms with E-state index in [4.69, 9.17) is 0 Å². The number of hydrogen-bond acceptors (Lipinski definition) is 4. The zero-order chi connectivity index (χ0) is 9.40. The Morgan fingerprint density at radius 1 is 1.25 bits per heavy atom. The fraction of sp³-hybridized carbons (Fsp3) is 0.500. The van der Waals surface area contributed by atoms with E-state index in [1.807, 2.05) is 0 Å². The van der Waals surface area contributed by atoms with Crippen molar-refractivity contribution in [3.05, 3.63) is 12.2 Å². The monoisotopic (exact) mass is 172 g/mol. The topological polar surface area (TPSA) is 52.6 Å². The summed E-state index contributed by atoms with van der Waals surface area (Å²) in [6, 6.07) is 0. The smallest absolute Gasteiger partial charge is 0.330 e. The van der Waals surface area contributed by atoms with Crippen LogP contribution in [0.4, 0.5) is 0 Å². The van der Waals surface area contributed by atoms with Crippen LogP contribution in [0, 0.1) is 0 Å². The van der Waals surface area contributed by atoms with Crippen molar-refractivity contribution in [3.8, 4) is 0 Å². The maximum Gasteiger partial charge on any atom is 0.330 e. The number of hydrogen-bond donors (Lipinski definition) is 0. The summed E-state index contributed by atoms with van der Waals surface area (Å²) in [5.41, 5.74) is 0. The van der Waals surface area contributed by atoms with E-state index in [2.05, 4.69) is 9.47 Å². The van der Waals surface area contributed by atoms with Gasteiger partial charge in [0.1, 0.15) is 13.2 Å². The first-order chi connectivity index (χ1) is 5.66. The van der Waals surface area contributed by atoms with Crippen LogP contribution in [0.3, 0.4) is 0 Å². The molecule has 0 spiro atoms. The number of carbonyl (C=O) groups excluding carboxylic acids is 2. The van der Waals surface area contributed by atoms with E-state index in [1.165, 1.54) is 13.0 Å². The summed E-state index contributed by atoms with van der Waals surface area (Å²) < 4.78 is 9.16. The largest absolute Gasteiger partial charge is 0.462 e. The van der Waals surface area contributed by atoms with Gasteiger partial charge in [-0.3, -0.25) is 4.79 Å². The SMILES string of the molecule is CC=CC(=O)OCCOC(C)=O. The van der Waals surface area contributed by atoms with Crippen molar-refractivity contribution >= 4 is 11.9 Å². The van der Waals surface area contributed by atoms with Crippen molar-refractivity contribution < 1.29 is 19.1 Å². The van der Waals surface area contributed by atoms with Crippen LogP contribution in [0.1, 0.15) is 13.8 Å². The van der Waals surface area contributed by atoms with Crippen LogP contribution >= 0.6 is 0 Å². The van der Waals surface area contributed by atoms with Gasteiger partial charge in [0, 0.05) is 13.0 Å². The number of carbonyl (C=O) groups is 2. The maximum atomic E-state index is 10.6. The molecular weight excluding hydrogens is 160 g/mol. The third-order valence-electron chi connectivity index (χ3n) is 0.936. The minimum Gasteiger partial charge on any atom is -0.462 e. The van der Waals surface area contributed by atoms with E-state index in [1.54, 1.807) is 13.0 Å². The number of esters is 2. The zero-order valence-corrected chi connectivity index (χ0v) is 7.20. The van der Waals surface area contributed by atoms with E-state index in [9.17, 15) is 9.59 Å². The van der Waals surface area contributed by atoms with Crippen molar-refractivity contribution in [1.82, 2.24) is 0 Å². The van der Waals surface area contributed by atoms with Crippen molar-refractivity contribution in [2.45, 2.75) is 13.8 Å². The molecule has 0 aromatic rings. The molecule has 0 N–H and O–H groups in total. The molecule has 0 bridgehead atoms. The standard InChI is InChI=1S/C8H12O4/c1-3-4-8(10)12-6-5-11-7(2)9/h3-4H,5-6H2,1-2H3. The molecule has 0 saturated heterocycles. The Hall–Kier alpha value is -1.32. The molecule has 0 aliphatic rings. The summed E-state index contributed by atoms with van der Waals surface area (Å²) in [6.45, 7) is 3.22. The molecule has 0 aromatic carbocycles. The highest BCUT2D eigenvalue weighted by molar-refractivity contribution is 5.81. The van der Waals surface area contributed by atoms with Gasteiger partial charge in [0.2, 0.25) is 0 Å². The fourth-order valence-electron chi connectivity index (χ4n) is 0.512. The van der Waals surface area contributed by atoms with Gasteiger partial charge in [0.15, 0.2) is 0 Å². The van der Waals surface area contributed by atoms with Crippen molar-refractivity contribution in [1.29, 1.82) is 0 Å². The predicted molar refractivity (Wildman–Crippen MR) is 42.4 cm³/mol. The second-order valence-electron chi connectivity index (χ2n) is 2.01. The highest BCUT2D eigenvalue weighted by atomic mass is 16.6. The molecule has 0 amide bonds. The average molecular weight is 172 g/mol. The molecule has 12 heavy (non-hydrogen) atoms. The van der Waals surface area contributed by atoms with Gasteiger partial charge in [0.05, 0.1) is 0 Å². The third-order valence-corrected chi connectivity index (χ3v) is 0.936. The first-order valence-electron chi connectivity index (χ1n) is 3.59. The van der Waals surface area contributed by atoms with Crippen molar-refractivity contribution in [2.75, 3.05) is 13.2 Å². The van der Waals surface area contributed by atoms with Crippen LogP contribution in [0.2, 0.25) is 0 Å². The maximum absolute atomic E-state index is 10.6. The molecule has 0 aromatic heterocycles. The molecule has 0 heterocycles. The van der Waals surface area contributed by atoms with Gasteiger partial charge in [-0.15, -0.1) is 0 Å². The highest BCUT2D eigenvalue weighted by Crippen LogP contribution is 1.83. The summed E-state index contributed by atoms with van der Waals surface area (Å²) in [6.07, 6.45) is 2.88. The number of allylic oxidation sites excluding steroid dienone is 1. The molecule has 0 aliphatic carbocycles. The molecule has 0 rings (SSSR count). The summed E-state index contributed by atoms with van der Waals surface area (Å²) in [4.78, 5) is 20.9. The molecule has 4 heteroatoms. The van der Waals surface area contributed by atoms with Gasteiger partial charge in [-0.2, -0.15) is 0 Å². The Morgan fingerprint density at radius 3 is 2.33 bits per heavy atom. The lowest BCUT2D eigenvalue weighted by molar-refractivity contribution is -0.147. The first kappa shape index (κ1) is 10.7. The lowest BCUT2D eigenvalue weighted by atomic mass is 10.5. The summed E-state index contributed by atoms with van der Waals surface area (Å²) in [7, 11) is 0. The molecule has 0 aliphatic heterocycles. The van der Waals surface area contributed by atoms with Gasteiger partial charge >= 0.3 is 11.9 Å². The van der Waals surface area contributed by atoms with Crippen LogP contribution in [0.25, 0.3) is 0 Å². The summed E-state index contributed by atoms with van der Waals surface area (Å²) in [5.74, 6) is -0.804. The molecule has 0 saturated carbocycles. The van der Waals surface area contributed by atoms with Crippen LogP contribution in [0.15, 0.2) is 12.2 Å². The van der Waals surface area contributed by atoms with Crippen LogP contribution in [-0.2, 0) is 19.1 Å². The Labute approximate surface area is 71.2 Å². The van der Waals surface area contributed by atoms with E-state index < -0.39 is 5.97 Å². The third kappa shape index (κ3) is 6.80. The quantitative estimate of drug-likeness (QED) is 0.355. The van der Waals surface area contributed by atoms with E-state index in [0.717, 1.165) is 0 Å². The second kappa shape index (κ2) is 6.39. The molecule has 0 unspecified atom stereocenters. The minimum absolute atomic E-state index is 0.1000. The van der Waals surface area contributed by atoms with Crippen molar-refractivity contribution in [2.24, 2.45) is 0 Å². The van der Waals surface area contributed by atoms with Crippen LogP contribution in [0.5, 0.6) is 0 Å².